The Hall–Kier alpha value is -3.88. The van der Waals surface area contributed by atoms with Crippen LogP contribution in [-0.2, 0) is 4.79 Å². The zero-order valence-corrected chi connectivity index (χ0v) is 13.4. The van der Waals surface area contributed by atoms with Crippen molar-refractivity contribution in [1.82, 2.24) is 19.9 Å². The quantitative estimate of drug-likeness (QED) is 0.430. The van der Waals surface area contributed by atoms with Crippen LogP contribution in [-0.4, -0.2) is 32.4 Å². The van der Waals surface area contributed by atoms with Crippen LogP contribution >= 0.6 is 0 Å². The third-order valence-corrected chi connectivity index (χ3v) is 3.79. The van der Waals surface area contributed by atoms with E-state index in [4.69, 9.17) is 10.5 Å². The highest BCUT2D eigenvalue weighted by Gasteiger charge is 2.12. The molecule has 0 aliphatic carbocycles. The van der Waals surface area contributed by atoms with Crippen LogP contribution < -0.4 is 21.5 Å². The lowest BCUT2D eigenvalue weighted by Gasteiger charge is -2.12. The number of imidazole rings is 1. The lowest BCUT2D eigenvalue weighted by Crippen LogP contribution is -2.21. The molecule has 3 heterocycles. The van der Waals surface area contributed by atoms with E-state index < -0.39 is 5.91 Å². The molecule has 0 aliphatic heterocycles. The number of aromatic nitrogens is 4. The molecule has 0 saturated heterocycles. The maximum atomic E-state index is 11.5. The summed E-state index contributed by atoms with van der Waals surface area (Å²) in [6, 6.07) is 8.81. The van der Waals surface area contributed by atoms with Crippen LogP contribution in [0.3, 0.4) is 0 Å². The fourth-order valence-electron chi connectivity index (χ4n) is 2.68. The number of carbonyl (C=O) groups is 1. The lowest BCUT2D eigenvalue weighted by atomic mass is 10.1. The highest BCUT2D eigenvalue weighted by molar-refractivity contribution is 5.96. The summed E-state index contributed by atoms with van der Waals surface area (Å²) < 4.78 is 6.01. The first-order valence-electron chi connectivity index (χ1n) is 7.76. The summed E-state index contributed by atoms with van der Waals surface area (Å²) in [5, 5.41) is 3.70. The third kappa shape index (κ3) is 2.81. The van der Waals surface area contributed by atoms with Crippen molar-refractivity contribution in [2.75, 3.05) is 11.9 Å². The molecule has 9 heteroatoms. The average Bonchev–Trinajstić information content (AvgIpc) is 3.02. The molecule has 0 saturated carbocycles. The number of hydrogen-bond donors (Lipinski definition) is 4. The van der Waals surface area contributed by atoms with E-state index in [1.807, 2.05) is 6.07 Å². The van der Waals surface area contributed by atoms with Gasteiger partial charge in [0.05, 0.1) is 17.7 Å². The summed E-state index contributed by atoms with van der Waals surface area (Å²) in [6.45, 7) is 0.00143. The van der Waals surface area contributed by atoms with Gasteiger partial charge in [0.2, 0.25) is 5.91 Å². The Morgan fingerprint density at radius 3 is 2.85 bits per heavy atom. The molecule has 0 fully saturated rings. The van der Waals surface area contributed by atoms with E-state index in [-0.39, 0.29) is 12.2 Å². The molecule has 0 aliphatic rings. The molecule has 1 amide bonds. The first-order chi connectivity index (χ1) is 12.6. The summed E-state index contributed by atoms with van der Waals surface area (Å²) in [7, 11) is 0. The van der Waals surface area contributed by atoms with Crippen molar-refractivity contribution >= 4 is 33.7 Å². The number of pyridine rings is 2. The van der Waals surface area contributed by atoms with Gasteiger partial charge in [0, 0.05) is 23.8 Å². The SMILES string of the molecule is NC(=O)CNc1ccc(Oc2ccnc3[nH]c(=O)[nH]c23)c2cccnc12. The third-order valence-electron chi connectivity index (χ3n) is 3.79. The van der Waals surface area contributed by atoms with Crippen molar-refractivity contribution in [3.05, 3.63) is 53.2 Å². The van der Waals surface area contributed by atoms with E-state index in [9.17, 15) is 9.59 Å². The molecule has 1 aromatic carbocycles. The molecular formula is C17H14N6O3. The number of nitrogens with two attached hydrogens (primary N) is 1. The van der Waals surface area contributed by atoms with Crippen LogP contribution in [0.1, 0.15) is 0 Å². The smallest absolute Gasteiger partial charge is 0.325 e. The van der Waals surface area contributed by atoms with Crippen molar-refractivity contribution < 1.29 is 9.53 Å². The predicted molar refractivity (Wildman–Crippen MR) is 96.2 cm³/mol. The second-order valence-electron chi connectivity index (χ2n) is 5.54. The Morgan fingerprint density at radius 2 is 2.00 bits per heavy atom. The molecule has 130 valence electrons. The summed E-state index contributed by atoms with van der Waals surface area (Å²) in [6.07, 6.45) is 3.19. The largest absolute Gasteiger partial charge is 0.454 e. The van der Waals surface area contributed by atoms with E-state index in [0.29, 0.717) is 33.9 Å². The molecule has 5 N–H and O–H groups in total. The lowest BCUT2D eigenvalue weighted by molar-refractivity contribution is -0.116. The van der Waals surface area contributed by atoms with Gasteiger partial charge in [0.1, 0.15) is 11.3 Å². The number of carbonyl (C=O) groups excluding carboxylic acids is 1. The summed E-state index contributed by atoms with van der Waals surface area (Å²) in [5.74, 6) is 0.536. The van der Waals surface area contributed by atoms with Gasteiger partial charge in [0.15, 0.2) is 11.4 Å². The summed E-state index contributed by atoms with van der Waals surface area (Å²) >= 11 is 0. The van der Waals surface area contributed by atoms with E-state index in [2.05, 4.69) is 25.3 Å². The number of benzene rings is 1. The second kappa shape index (κ2) is 6.20. The minimum Gasteiger partial charge on any atom is -0.454 e. The molecule has 4 aromatic rings. The van der Waals surface area contributed by atoms with E-state index in [0.717, 1.165) is 5.39 Å². The number of rotatable bonds is 5. The standard InChI is InChI=1S/C17H14N6O3/c18-13(24)8-21-10-3-4-11(9-2-1-6-19-14(9)10)26-12-5-7-20-16-15(12)22-17(25)23-16/h1-7,21H,8H2,(H2,18,24)(H2,20,22,23,25). The zero-order valence-electron chi connectivity index (χ0n) is 13.4. The van der Waals surface area contributed by atoms with Gasteiger partial charge in [-0.3, -0.25) is 14.8 Å². The van der Waals surface area contributed by atoms with Gasteiger partial charge in [-0.25, -0.2) is 9.78 Å². The second-order valence-corrected chi connectivity index (χ2v) is 5.54. The molecule has 9 nitrogen and oxygen atoms in total. The van der Waals surface area contributed by atoms with Gasteiger partial charge in [0.25, 0.3) is 0 Å². The van der Waals surface area contributed by atoms with Gasteiger partial charge in [-0.15, -0.1) is 0 Å². The van der Waals surface area contributed by atoms with E-state index >= 15 is 0 Å². The first-order valence-corrected chi connectivity index (χ1v) is 7.76. The number of anilines is 1. The molecule has 3 aromatic heterocycles. The number of hydrogen-bond acceptors (Lipinski definition) is 6. The molecule has 0 bridgehead atoms. The zero-order chi connectivity index (χ0) is 18.1. The van der Waals surface area contributed by atoms with Crippen molar-refractivity contribution in [3.8, 4) is 11.5 Å². The van der Waals surface area contributed by atoms with Crippen LogP contribution in [0.5, 0.6) is 11.5 Å². The van der Waals surface area contributed by atoms with E-state index in [1.165, 1.54) is 0 Å². The van der Waals surface area contributed by atoms with Crippen LogP contribution in [0.15, 0.2) is 47.5 Å². The van der Waals surface area contributed by atoms with Gasteiger partial charge in [-0.05, 0) is 24.3 Å². The van der Waals surface area contributed by atoms with Gasteiger partial charge in [-0.1, -0.05) is 0 Å². The van der Waals surface area contributed by atoms with Crippen LogP contribution in [0.4, 0.5) is 5.69 Å². The number of nitrogens with one attached hydrogen (secondary N) is 3. The number of H-pyrrole nitrogens is 2. The Morgan fingerprint density at radius 1 is 1.12 bits per heavy atom. The van der Waals surface area contributed by atoms with Crippen LogP contribution in [0, 0.1) is 0 Å². The number of fused-ring (bicyclic) bond motifs is 2. The number of primary amides is 1. The molecule has 0 spiro atoms. The highest BCUT2D eigenvalue weighted by atomic mass is 16.5. The van der Waals surface area contributed by atoms with Gasteiger partial charge >= 0.3 is 5.69 Å². The normalized spacial score (nSPS) is 10.9. The maximum absolute atomic E-state index is 11.5. The number of ether oxygens (including phenoxy) is 1. The minimum absolute atomic E-state index is 0.00143. The molecule has 26 heavy (non-hydrogen) atoms. The fourth-order valence-corrected chi connectivity index (χ4v) is 2.68. The topological polar surface area (TPSA) is 139 Å². The van der Waals surface area contributed by atoms with Crippen molar-refractivity contribution in [2.24, 2.45) is 5.73 Å². The fraction of sp³-hybridized carbons (Fsp3) is 0.0588. The maximum Gasteiger partial charge on any atom is 0.325 e. The Kier molecular flexibility index (Phi) is 3.73. The Balaban J connectivity index is 1.78. The van der Waals surface area contributed by atoms with Gasteiger partial charge < -0.3 is 20.8 Å². The molecule has 0 atom stereocenters. The number of nitrogens with zero attached hydrogens (tertiary/aromatic N) is 2. The Labute approximate surface area is 146 Å². The number of amides is 1. The molecular weight excluding hydrogens is 336 g/mol. The Bertz CT molecular complexity index is 1180. The van der Waals surface area contributed by atoms with Crippen molar-refractivity contribution in [2.45, 2.75) is 0 Å². The summed E-state index contributed by atoms with van der Waals surface area (Å²) in [5.41, 5.74) is 7.02. The molecule has 4 rings (SSSR count). The van der Waals surface area contributed by atoms with Gasteiger partial charge in [-0.2, -0.15) is 0 Å². The predicted octanol–water partition coefficient (Wildman–Crippen LogP) is 1.49. The minimum atomic E-state index is -0.468. The van der Waals surface area contributed by atoms with Crippen molar-refractivity contribution in [3.63, 3.8) is 0 Å². The highest BCUT2D eigenvalue weighted by Crippen LogP contribution is 2.34. The molecule has 0 unspecified atom stereocenters. The van der Waals surface area contributed by atoms with Crippen molar-refractivity contribution in [1.29, 1.82) is 0 Å². The average molecular weight is 350 g/mol. The molecule has 0 radical (unpaired) electrons. The number of aromatic amines is 2. The first kappa shape index (κ1) is 15.6. The summed E-state index contributed by atoms with van der Waals surface area (Å²) in [4.78, 5) is 36.2. The van der Waals surface area contributed by atoms with E-state index in [1.54, 1.807) is 36.7 Å². The monoisotopic (exact) mass is 350 g/mol. The van der Waals surface area contributed by atoms with Crippen LogP contribution in [0.2, 0.25) is 0 Å². The van der Waals surface area contributed by atoms with Crippen LogP contribution in [0.25, 0.3) is 22.1 Å².